The molecule has 0 spiro atoms. The number of nitrogens with one attached hydrogen (secondary N) is 2. The van der Waals surface area contributed by atoms with Crippen LogP contribution < -0.4 is 10.9 Å². The highest BCUT2D eigenvalue weighted by atomic mass is 16.2. The third-order valence-electron chi connectivity index (χ3n) is 3.74. The third kappa shape index (κ3) is 2.08. The number of hydrogen-bond donors (Lipinski definition) is 2. The Balaban J connectivity index is 1.95. The number of carbonyl (C=O) groups excluding carboxylic acids is 1. The van der Waals surface area contributed by atoms with Gasteiger partial charge in [0, 0.05) is 12.7 Å². The fraction of sp³-hybridized carbons (Fsp3) is 0.125. The molecule has 0 aliphatic carbocycles. The minimum absolute atomic E-state index is 0.210. The maximum atomic E-state index is 12.6. The van der Waals surface area contributed by atoms with Gasteiger partial charge in [-0.25, -0.2) is 9.48 Å². The number of carbonyl (C=O) groups is 1. The molecular weight excluding hydrogens is 308 g/mol. The van der Waals surface area contributed by atoms with Crippen molar-refractivity contribution in [1.29, 1.82) is 0 Å². The molecule has 1 aromatic carbocycles. The van der Waals surface area contributed by atoms with Crippen LogP contribution >= 0.6 is 0 Å². The number of pyridine rings is 1. The Morgan fingerprint density at radius 2 is 2.08 bits per heavy atom. The van der Waals surface area contributed by atoms with Gasteiger partial charge in [-0.1, -0.05) is 18.2 Å². The zero-order valence-corrected chi connectivity index (χ0v) is 12.9. The molecule has 8 nitrogen and oxygen atoms in total. The number of fused-ring (bicyclic) bond motifs is 3. The number of H-pyrrole nitrogens is 1. The van der Waals surface area contributed by atoms with Gasteiger partial charge >= 0.3 is 6.03 Å². The Morgan fingerprint density at radius 1 is 1.29 bits per heavy atom. The van der Waals surface area contributed by atoms with Crippen molar-refractivity contribution in [1.82, 2.24) is 29.9 Å². The average Bonchev–Trinajstić information content (AvgIpc) is 3.17. The topological polar surface area (TPSA) is 97.6 Å². The van der Waals surface area contributed by atoms with Crippen molar-refractivity contribution in [2.45, 2.75) is 6.92 Å². The van der Waals surface area contributed by atoms with Crippen LogP contribution in [0.25, 0.3) is 27.6 Å². The van der Waals surface area contributed by atoms with Crippen LogP contribution in [0.4, 0.5) is 4.79 Å². The number of nitrogens with zero attached hydrogens (tertiary/aromatic N) is 4. The van der Waals surface area contributed by atoms with Gasteiger partial charge in [0.1, 0.15) is 11.0 Å². The molecule has 3 aromatic heterocycles. The smallest absolute Gasteiger partial charge is 0.336 e. The molecule has 0 saturated heterocycles. The van der Waals surface area contributed by atoms with E-state index in [1.807, 2.05) is 37.3 Å². The highest BCUT2D eigenvalue weighted by Gasteiger charge is 2.16. The zero-order chi connectivity index (χ0) is 16.7. The molecule has 0 bridgehead atoms. The standard InChI is InChI=1S/C16H14N6O2/c1-2-17-16(24)21-9-12-14(19-21)13-11(8-18-12)15(23)22(20-13)10-6-4-3-5-7-10/h3-9,20H,2H2,1H3,(H,17,24). The van der Waals surface area contributed by atoms with Crippen LogP contribution in [0.15, 0.2) is 47.5 Å². The summed E-state index contributed by atoms with van der Waals surface area (Å²) in [6.07, 6.45) is 3.04. The lowest BCUT2D eigenvalue weighted by atomic mass is 10.3. The molecule has 2 N–H and O–H groups in total. The van der Waals surface area contributed by atoms with Gasteiger partial charge in [-0.15, -0.1) is 0 Å². The van der Waals surface area contributed by atoms with Crippen molar-refractivity contribution in [2.24, 2.45) is 0 Å². The van der Waals surface area contributed by atoms with Crippen molar-refractivity contribution in [3.63, 3.8) is 0 Å². The van der Waals surface area contributed by atoms with E-state index in [0.29, 0.717) is 28.5 Å². The summed E-state index contributed by atoms with van der Waals surface area (Å²) in [7, 11) is 0. The van der Waals surface area contributed by atoms with E-state index in [1.165, 1.54) is 21.8 Å². The molecule has 24 heavy (non-hydrogen) atoms. The lowest BCUT2D eigenvalue weighted by Gasteiger charge is -1.99. The van der Waals surface area contributed by atoms with E-state index in [1.54, 1.807) is 0 Å². The number of amides is 1. The van der Waals surface area contributed by atoms with E-state index in [-0.39, 0.29) is 11.6 Å². The van der Waals surface area contributed by atoms with Crippen molar-refractivity contribution in [2.75, 3.05) is 6.54 Å². The van der Waals surface area contributed by atoms with E-state index >= 15 is 0 Å². The number of aromatic nitrogens is 5. The van der Waals surface area contributed by atoms with Crippen molar-refractivity contribution < 1.29 is 4.79 Å². The predicted molar refractivity (Wildman–Crippen MR) is 89.5 cm³/mol. The van der Waals surface area contributed by atoms with E-state index in [0.717, 1.165) is 5.69 Å². The third-order valence-corrected chi connectivity index (χ3v) is 3.74. The van der Waals surface area contributed by atoms with Gasteiger partial charge in [0.25, 0.3) is 5.56 Å². The highest BCUT2D eigenvalue weighted by Crippen LogP contribution is 2.19. The second-order valence-electron chi connectivity index (χ2n) is 5.28. The van der Waals surface area contributed by atoms with Gasteiger partial charge < -0.3 is 5.32 Å². The molecule has 0 saturated carbocycles. The van der Waals surface area contributed by atoms with Crippen molar-refractivity contribution in [3.8, 4) is 5.69 Å². The van der Waals surface area contributed by atoms with Gasteiger partial charge in [0.15, 0.2) is 0 Å². The number of aromatic amines is 1. The van der Waals surface area contributed by atoms with Crippen LogP contribution in [0, 0.1) is 0 Å². The molecule has 0 fully saturated rings. The molecule has 0 unspecified atom stereocenters. The maximum Gasteiger partial charge on any atom is 0.342 e. The van der Waals surface area contributed by atoms with Crippen LogP contribution in [0.1, 0.15) is 6.92 Å². The molecule has 120 valence electrons. The average molecular weight is 322 g/mol. The molecule has 0 aliphatic rings. The van der Waals surface area contributed by atoms with Crippen LogP contribution in [-0.2, 0) is 0 Å². The summed E-state index contributed by atoms with van der Waals surface area (Å²) in [5, 5.41) is 10.4. The Hall–Kier alpha value is -3.42. The van der Waals surface area contributed by atoms with Crippen LogP contribution in [-0.4, -0.2) is 37.1 Å². The Labute approximate surface area is 135 Å². The normalized spacial score (nSPS) is 11.2. The minimum Gasteiger partial charge on any atom is -0.336 e. The molecule has 3 heterocycles. The number of para-hydroxylation sites is 1. The minimum atomic E-state index is -0.339. The van der Waals surface area contributed by atoms with Gasteiger partial charge in [-0.05, 0) is 19.1 Å². The van der Waals surface area contributed by atoms with E-state index in [2.05, 4.69) is 20.5 Å². The Kier molecular flexibility index (Phi) is 3.16. The zero-order valence-electron chi connectivity index (χ0n) is 12.9. The predicted octanol–water partition coefficient (Wildman–Crippen LogP) is 1.64. The first-order valence-corrected chi connectivity index (χ1v) is 7.51. The first-order valence-electron chi connectivity index (χ1n) is 7.51. The molecule has 0 aliphatic heterocycles. The first-order chi connectivity index (χ1) is 11.7. The molecule has 8 heteroatoms. The van der Waals surface area contributed by atoms with Gasteiger partial charge in [-0.3, -0.25) is 14.9 Å². The summed E-state index contributed by atoms with van der Waals surface area (Å²) in [4.78, 5) is 28.8. The maximum absolute atomic E-state index is 12.6. The molecule has 4 rings (SSSR count). The summed E-state index contributed by atoms with van der Waals surface area (Å²) in [5.41, 5.74) is 2.07. The highest BCUT2D eigenvalue weighted by molar-refractivity contribution is 6.01. The number of hydrogen-bond acceptors (Lipinski definition) is 4. The summed E-state index contributed by atoms with van der Waals surface area (Å²) in [5.74, 6) is 0. The van der Waals surface area contributed by atoms with Crippen molar-refractivity contribution in [3.05, 3.63) is 53.1 Å². The quantitative estimate of drug-likeness (QED) is 0.586. The fourth-order valence-electron chi connectivity index (χ4n) is 2.62. The summed E-state index contributed by atoms with van der Waals surface area (Å²) in [6, 6.07) is 8.90. The largest absolute Gasteiger partial charge is 0.342 e. The monoisotopic (exact) mass is 322 g/mol. The SMILES string of the molecule is CCNC(=O)n1cc2ncc3c(=O)n(-c4ccccc4)[nH]c3c2n1. The van der Waals surface area contributed by atoms with E-state index in [4.69, 9.17) is 0 Å². The van der Waals surface area contributed by atoms with E-state index in [9.17, 15) is 9.59 Å². The van der Waals surface area contributed by atoms with Crippen LogP contribution in [0.3, 0.4) is 0 Å². The Bertz CT molecular complexity index is 1110. The summed E-state index contributed by atoms with van der Waals surface area (Å²) >= 11 is 0. The number of benzene rings is 1. The summed E-state index contributed by atoms with van der Waals surface area (Å²) in [6.45, 7) is 2.33. The second-order valence-corrected chi connectivity index (χ2v) is 5.28. The van der Waals surface area contributed by atoms with E-state index < -0.39 is 0 Å². The Morgan fingerprint density at radius 3 is 2.83 bits per heavy atom. The van der Waals surface area contributed by atoms with Crippen molar-refractivity contribution >= 4 is 28.0 Å². The lowest BCUT2D eigenvalue weighted by Crippen LogP contribution is -2.28. The van der Waals surface area contributed by atoms with Crippen LogP contribution in [0.2, 0.25) is 0 Å². The molecule has 1 amide bonds. The van der Waals surface area contributed by atoms with Gasteiger partial charge in [-0.2, -0.15) is 9.78 Å². The van der Waals surface area contributed by atoms with Gasteiger partial charge in [0.2, 0.25) is 0 Å². The molecular formula is C16H14N6O2. The lowest BCUT2D eigenvalue weighted by molar-refractivity contribution is 0.240. The molecule has 0 atom stereocenters. The molecule has 0 radical (unpaired) electrons. The molecule has 4 aromatic rings. The van der Waals surface area contributed by atoms with Gasteiger partial charge in [0.05, 0.1) is 22.8 Å². The number of rotatable bonds is 2. The summed E-state index contributed by atoms with van der Waals surface area (Å²) < 4.78 is 2.63. The fourth-order valence-corrected chi connectivity index (χ4v) is 2.62. The first kappa shape index (κ1) is 14.2. The second kappa shape index (κ2) is 5.34. The van der Waals surface area contributed by atoms with Crippen LogP contribution in [0.5, 0.6) is 0 Å².